The molecule has 0 aliphatic rings. The predicted octanol–water partition coefficient (Wildman–Crippen LogP) is 1.35. The van der Waals surface area contributed by atoms with Gasteiger partial charge in [-0.2, -0.15) is 0 Å². The first-order valence-corrected chi connectivity index (χ1v) is 5.48. The molecule has 1 amide bonds. The molecule has 4 heteroatoms. The summed E-state index contributed by atoms with van der Waals surface area (Å²) in [5.41, 5.74) is -0.206. The predicted molar refractivity (Wildman–Crippen MR) is 63.4 cm³/mol. The fourth-order valence-electron chi connectivity index (χ4n) is 1.73. The number of hydrogen-bond acceptors (Lipinski definition) is 2. The molecule has 16 heavy (non-hydrogen) atoms. The third-order valence-corrected chi connectivity index (χ3v) is 2.36. The van der Waals surface area contributed by atoms with Crippen LogP contribution in [-0.4, -0.2) is 39.7 Å². The van der Waals surface area contributed by atoms with Crippen molar-refractivity contribution in [2.45, 2.75) is 32.9 Å². The maximum atomic E-state index is 12.1. The van der Waals surface area contributed by atoms with E-state index in [0.717, 1.165) is 6.54 Å². The number of aliphatic hydroxyl groups is 1. The van der Waals surface area contributed by atoms with E-state index in [-0.39, 0.29) is 5.91 Å². The molecule has 0 bridgehead atoms. The second-order valence-corrected chi connectivity index (χ2v) is 4.65. The molecule has 0 radical (unpaired) electrons. The summed E-state index contributed by atoms with van der Waals surface area (Å²) >= 11 is 0. The lowest BCUT2D eigenvalue weighted by atomic mass is 10.1. The second-order valence-electron chi connectivity index (χ2n) is 4.65. The highest BCUT2D eigenvalue weighted by atomic mass is 16.3. The van der Waals surface area contributed by atoms with Gasteiger partial charge in [-0.1, -0.05) is 0 Å². The molecule has 0 aromatic carbocycles. The highest BCUT2D eigenvalue weighted by Crippen LogP contribution is 2.09. The van der Waals surface area contributed by atoms with E-state index in [1.807, 2.05) is 23.8 Å². The van der Waals surface area contributed by atoms with Crippen molar-refractivity contribution in [2.75, 3.05) is 13.6 Å². The van der Waals surface area contributed by atoms with Gasteiger partial charge in [-0.25, -0.2) is 0 Å². The maximum Gasteiger partial charge on any atom is 0.270 e. The van der Waals surface area contributed by atoms with Gasteiger partial charge < -0.3 is 14.6 Å². The minimum Gasteiger partial charge on any atom is -0.389 e. The largest absolute Gasteiger partial charge is 0.389 e. The molecule has 1 aromatic rings. The summed E-state index contributed by atoms with van der Waals surface area (Å²) in [6.45, 7) is 6.46. The molecule has 0 fully saturated rings. The van der Waals surface area contributed by atoms with Crippen LogP contribution in [-0.2, 0) is 6.54 Å². The monoisotopic (exact) mass is 224 g/mol. The number of hydrogen-bond donors (Lipinski definition) is 1. The molecule has 0 aliphatic carbocycles. The number of likely N-dealkylation sites (N-methyl/N-ethyl adjacent to an activating group) is 1. The summed E-state index contributed by atoms with van der Waals surface area (Å²) in [6.07, 6.45) is 1.88. The fraction of sp³-hybridized carbons (Fsp3) is 0.583. The standard InChI is InChI=1S/C12H20N2O2/c1-5-14-8-6-7-10(14)11(15)13(4)9-12(2,3)16/h6-8,16H,5,9H2,1-4H3. The number of aromatic nitrogens is 1. The van der Waals surface area contributed by atoms with Crippen molar-refractivity contribution in [3.8, 4) is 0 Å². The Bertz CT molecular complexity index is 363. The van der Waals surface area contributed by atoms with Crippen molar-refractivity contribution >= 4 is 5.91 Å². The third-order valence-electron chi connectivity index (χ3n) is 2.36. The van der Waals surface area contributed by atoms with Crippen LogP contribution in [0.3, 0.4) is 0 Å². The summed E-state index contributed by atoms with van der Waals surface area (Å²) in [4.78, 5) is 13.6. The van der Waals surface area contributed by atoms with Crippen LogP contribution in [0.25, 0.3) is 0 Å². The Kier molecular flexibility index (Phi) is 3.75. The zero-order valence-corrected chi connectivity index (χ0v) is 10.4. The minimum absolute atomic E-state index is 0.0611. The van der Waals surface area contributed by atoms with Gasteiger partial charge in [0.25, 0.3) is 5.91 Å². The van der Waals surface area contributed by atoms with Crippen molar-refractivity contribution in [3.05, 3.63) is 24.0 Å². The van der Waals surface area contributed by atoms with E-state index >= 15 is 0 Å². The van der Waals surface area contributed by atoms with Gasteiger partial charge >= 0.3 is 0 Å². The summed E-state index contributed by atoms with van der Waals surface area (Å²) in [6, 6.07) is 3.65. The van der Waals surface area contributed by atoms with Crippen molar-refractivity contribution in [1.29, 1.82) is 0 Å². The van der Waals surface area contributed by atoms with Crippen molar-refractivity contribution in [2.24, 2.45) is 0 Å². The lowest BCUT2D eigenvalue weighted by Gasteiger charge is -2.25. The van der Waals surface area contributed by atoms with Crippen LogP contribution < -0.4 is 0 Å². The van der Waals surface area contributed by atoms with Gasteiger partial charge in [0.1, 0.15) is 5.69 Å². The molecule has 0 saturated carbocycles. The van der Waals surface area contributed by atoms with E-state index in [9.17, 15) is 9.90 Å². The third kappa shape index (κ3) is 3.10. The molecule has 90 valence electrons. The number of carbonyl (C=O) groups is 1. The number of rotatable bonds is 4. The van der Waals surface area contributed by atoms with Gasteiger partial charge in [0, 0.05) is 26.3 Å². The zero-order valence-electron chi connectivity index (χ0n) is 10.4. The normalized spacial score (nSPS) is 11.6. The van der Waals surface area contributed by atoms with E-state index < -0.39 is 5.60 Å². The second kappa shape index (κ2) is 4.70. The first-order chi connectivity index (χ1) is 7.35. The number of amides is 1. The van der Waals surface area contributed by atoms with E-state index in [1.165, 1.54) is 0 Å². The molecule has 0 saturated heterocycles. The van der Waals surface area contributed by atoms with Crippen molar-refractivity contribution in [3.63, 3.8) is 0 Å². The van der Waals surface area contributed by atoms with Gasteiger partial charge in [-0.15, -0.1) is 0 Å². The number of nitrogens with zero attached hydrogens (tertiary/aromatic N) is 2. The lowest BCUT2D eigenvalue weighted by molar-refractivity contribution is 0.0362. The molecule has 0 aliphatic heterocycles. The lowest BCUT2D eigenvalue weighted by Crippen LogP contribution is -2.40. The van der Waals surface area contributed by atoms with Crippen molar-refractivity contribution in [1.82, 2.24) is 9.47 Å². The van der Waals surface area contributed by atoms with Crippen LogP contribution in [0.2, 0.25) is 0 Å². The van der Waals surface area contributed by atoms with Crippen LogP contribution in [0.1, 0.15) is 31.3 Å². The van der Waals surface area contributed by atoms with Gasteiger partial charge in [-0.05, 0) is 32.9 Å². The minimum atomic E-state index is -0.867. The van der Waals surface area contributed by atoms with Crippen molar-refractivity contribution < 1.29 is 9.90 Å². The molecule has 1 rings (SSSR count). The SMILES string of the molecule is CCn1cccc1C(=O)N(C)CC(C)(C)O. The van der Waals surface area contributed by atoms with Crippen LogP contribution in [0.4, 0.5) is 0 Å². The van der Waals surface area contributed by atoms with Gasteiger partial charge in [0.15, 0.2) is 0 Å². The Hall–Kier alpha value is -1.29. The molecule has 1 aromatic heterocycles. The highest BCUT2D eigenvalue weighted by Gasteiger charge is 2.21. The summed E-state index contributed by atoms with van der Waals surface area (Å²) in [5.74, 6) is -0.0611. The molecular weight excluding hydrogens is 204 g/mol. The Labute approximate surface area is 96.5 Å². The topological polar surface area (TPSA) is 45.5 Å². The average molecular weight is 224 g/mol. The summed E-state index contributed by atoms with van der Waals surface area (Å²) in [7, 11) is 1.70. The van der Waals surface area contributed by atoms with Crippen LogP contribution in [0.15, 0.2) is 18.3 Å². The smallest absolute Gasteiger partial charge is 0.270 e. The van der Waals surface area contributed by atoms with Gasteiger partial charge in [-0.3, -0.25) is 4.79 Å². The summed E-state index contributed by atoms with van der Waals surface area (Å²) < 4.78 is 1.89. The molecule has 0 atom stereocenters. The molecule has 4 nitrogen and oxygen atoms in total. The first kappa shape index (κ1) is 12.8. The number of carbonyl (C=O) groups excluding carboxylic acids is 1. The Balaban J connectivity index is 2.78. The fourth-order valence-corrected chi connectivity index (χ4v) is 1.73. The molecule has 1 N–H and O–H groups in total. The highest BCUT2D eigenvalue weighted by molar-refractivity contribution is 5.92. The molecular formula is C12H20N2O2. The molecule has 1 heterocycles. The Morgan fingerprint density at radius 3 is 2.69 bits per heavy atom. The van der Waals surface area contributed by atoms with E-state index in [1.54, 1.807) is 31.9 Å². The van der Waals surface area contributed by atoms with E-state index in [2.05, 4.69) is 0 Å². The quantitative estimate of drug-likeness (QED) is 0.839. The zero-order chi connectivity index (χ0) is 12.3. The van der Waals surface area contributed by atoms with Crippen LogP contribution in [0.5, 0.6) is 0 Å². The van der Waals surface area contributed by atoms with E-state index in [4.69, 9.17) is 0 Å². The van der Waals surface area contributed by atoms with Crippen LogP contribution >= 0.6 is 0 Å². The Morgan fingerprint density at radius 2 is 2.19 bits per heavy atom. The van der Waals surface area contributed by atoms with Crippen LogP contribution in [0, 0.1) is 0 Å². The average Bonchev–Trinajstić information content (AvgIpc) is 2.61. The Morgan fingerprint density at radius 1 is 1.56 bits per heavy atom. The summed E-state index contributed by atoms with van der Waals surface area (Å²) in [5, 5.41) is 9.66. The van der Waals surface area contributed by atoms with E-state index in [0.29, 0.717) is 12.2 Å². The maximum absolute atomic E-state index is 12.1. The number of aryl methyl sites for hydroxylation is 1. The first-order valence-electron chi connectivity index (χ1n) is 5.48. The molecule has 0 spiro atoms. The van der Waals surface area contributed by atoms with Gasteiger partial charge in [0.2, 0.25) is 0 Å². The van der Waals surface area contributed by atoms with Gasteiger partial charge in [0.05, 0.1) is 5.60 Å². The molecule has 0 unspecified atom stereocenters.